The van der Waals surface area contributed by atoms with Gasteiger partial charge in [0.2, 0.25) is 11.8 Å². The molecule has 0 saturated heterocycles. The van der Waals surface area contributed by atoms with Crippen LogP contribution in [0, 0.1) is 5.82 Å². The summed E-state index contributed by atoms with van der Waals surface area (Å²) in [6.07, 6.45) is 6.91. The van der Waals surface area contributed by atoms with E-state index >= 15 is 0 Å². The number of nitrogens with one attached hydrogen (secondary N) is 2. The number of fused-ring (bicyclic) bond motifs is 3. The normalized spacial score (nSPS) is 21.2. The number of halogens is 1. The molecule has 178 valence electrons. The van der Waals surface area contributed by atoms with Crippen LogP contribution in [0.4, 0.5) is 10.1 Å². The Kier molecular flexibility index (Phi) is 6.45. The average molecular weight is 457 g/mol. The van der Waals surface area contributed by atoms with Crippen LogP contribution in [0.25, 0.3) is 10.9 Å². The van der Waals surface area contributed by atoms with Crippen LogP contribution >= 0.6 is 0 Å². The third kappa shape index (κ3) is 4.23. The number of benzene rings is 1. The maximum Gasteiger partial charge on any atom is 0.273 e. The minimum atomic E-state index is -1.09. The van der Waals surface area contributed by atoms with E-state index < -0.39 is 11.4 Å². The number of hydrogen-bond donors (Lipinski definition) is 2. The van der Waals surface area contributed by atoms with Gasteiger partial charge >= 0.3 is 0 Å². The van der Waals surface area contributed by atoms with Crippen LogP contribution in [0.2, 0.25) is 0 Å². The molecule has 1 aliphatic heterocycles. The van der Waals surface area contributed by atoms with Gasteiger partial charge in [-0.1, -0.05) is 32.6 Å². The molecule has 1 fully saturated rings. The highest BCUT2D eigenvalue weighted by Crippen LogP contribution is 2.39. The molecule has 1 aromatic carbocycles. The summed E-state index contributed by atoms with van der Waals surface area (Å²) in [5, 5.41) is 6.40. The molecule has 0 bridgehead atoms. The molecule has 33 heavy (non-hydrogen) atoms. The van der Waals surface area contributed by atoms with Crippen molar-refractivity contribution in [1.82, 2.24) is 14.8 Å². The largest absolute Gasteiger partial charge is 0.351 e. The van der Waals surface area contributed by atoms with Crippen molar-refractivity contribution in [3.05, 3.63) is 29.7 Å². The second-order valence-electron chi connectivity index (χ2n) is 9.55. The number of anilines is 1. The lowest BCUT2D eigenvalue weighted by atomic mass is 9.91. The average Bonchev–Trinajstić information content (AvgIpc) is 3.06. The number of carbonyl (C=O) groups excluding carboxylic acids is 3. The molecule has 4 rings (SSSR count). The van der Waals surface area contributed by atoms with Crippen molar-refractivity contribution in [2.24, 2.45) is 0 Å². The summed E-state index contributed by atoms with van der Waals surface area (Å²) in [6.45, 7) is 5.88. The Hall–Kier alpha value is -2.90. The first-order valence-corrected chi connectivity index (χ1v) is 12.0. The van der Waals surface area contributed by atoms with E-state index in [9.17, 15) is 18.8 Å². The predicted octanol–water partition coefficient (Wildman–Crippen LogP) is 4.20. The molecule has 1 atom stereocenters. The summed E-state index contributed by atoms with van der Waals surface area (Å²) in [5.74, 6) is -1.28. The van der Waals surface area contributed by atoms with Crippen molar-refractivity contribution in [2.45, 2.75) is 83.8 Å². The first-order chi connectivity index (χ1) is 15.8. The Morgan fingerprint density at radius 2 is 1.94 bits per heavy atom. The molecule has 1 aliphatic carbocycles. The number of unbranched alkanes of at least 4 members (excludes halogenated alkanes) is 1. The lowest BCUT2D eigenvalue weighted by molar-refractivity contribution is -0.133. The quantitative estimate of drug-likeness (QED) is 0.683. The standard InChI is InChI=1S/C25H33FN4O3/c1-4-5-13-30-23(32)22-21(27-16(2)31)19-14-17(26)11-12-20(19)29(22)15-25(30,3)24(33)28-18-9-7-6-8-10-18/h11-12,14,18H,4-10,13,15H2,1-3H3,(H,27,31)(H,28,33). The topological polar surface area (TPSA) is 83.4 Å². The van der Waals surface area contributed by atoms with E-state index in [1.54, 1.807) is 15.5 Å². The van der Waals surface area contributed by atoms with E-state index in [1.807, 2.05) is 13.8 Å². The fourth-order valence-corrected chi connectivity index (χ4v) is 5.21. The Balaban J connectivity index is 1.81. The molecule has 8 heteroatoms. The number of amides is 3. The predicted molar refractivity (Wildman–Crippen MR) is 126 cm³/mol. The molecule has 2 aliphatic rings. The van der Waals surface area contributed by atoms with E-state index in [1.165, 1.54) is 25.5 Å². The summed E-state index contributed by atoms with van der Waals surface area (Å²) >= 11 is 0. The van der Waals surface area contributed by atoms with Crippen molar-refractivity contribution in [1.29, 1.82) is 0 Å². The summed E-state index contributed by atoms with van der Waals surface area (Å²) in [7, 11) is 0. The van der Waals surface area contributed by atoms with Crippen LogP contribution in [0.3, 0.4) is 0 Å². The van der Waals surface area contributed by atoms with Gasteiger partial charge in [0.1, 0.15) is 17.1 Å². The zero-order chi connectivity index (χ0) is 23.8. The van der Waals surface area contributed by atoms with E-state index in [-0.39, 0.29) is 30.3 Å². The molecule has 0 radical (unpaired) electrons. The number of nitrogens with zero attached hydrogens (tertiary/aromatic N) is 2. The van der Waals surface area contributed by atoms with Gasteiger partial charge in [0, 0.05) is 24.9 Å². The van der Waals surface area contributed by atoms with E-state index in [0.717, 1.165) is 38.5 Å². The van der Waals surface area contributed by atoms with Gasteiger partial charge in [-0.2, -0.15) is 0 Å². The number of hydrogen-bond acceptors (Lipinski definition) is 3. The second kappa shape index (κ2) is 9.15. The summed E-state index contributed by atoms with van der Waals surface area (Å²) < 4.78 is 15.9. The Labute approximate surface area is 193 Å². The van der Waals surface area contributed by atoms with Crippen LogP contribution in [-0.4, -0.2) is 45.3 Å². The van der Waals surface area contributed by atoms with Gasteiger partial charge in [-0.05, 0) is 44.4 Å². The zero-order valence-electron chi connectivity index (χ0n) is 19.7. The fraction of sp³-hybridized carbons (Fsp3) is 0.560. The van der Waals surface area contributed by atoms with Gasteiger partial charge in [0.25, 0.3) is 5.91 Å². The van der Waals surface area contributed by atoms with Crippen LogP contribution in [0.5, 0.6) is 0 Å². The minimum absolute atomic E-state index is 0.123. The smallest absolute Gasteiger partial charge is 0.273 e. The van der Waals surface area contributed by atoms with E-state index in [4.69, 9.17) is 0 Å². The van der Waals surface area contributed by atoms with Gasteiger partial charge in [0.05, 0.1) is 17.7 Å². The van der Waals surface area contributed by atoms with Crippen molar-refractivity contribution in [2.75, 3.05) is 11.9 Å². The van der Waals surface area contributed by atoms with Gasteiger partial charge in [-0.3, -0.25) is 14.4 Å². The first-order valence-electron chi connectivity index (χ1n) is 12.0. The maximum atomic E-state index is 14.1. The highest BCUT2D eigenvalue weighted by Gasteiger charge is 2.49. The Morgan fingerprint density at radius 3 is 2.61 bits per heavy atom. The lowest BCUT2D eigenvalue weighted by Gasteiger charge is -2.45. The number of carbonyl (C=O) groups is 3. The van der Waals surface area contributed by atoms with Crippen LogP contribution in [-0.2, 0) is 16.1 Å². The first kappa shape index (κ1) is 23.3. The Bertz CT molecular complexity index is 1090. The molecule has 3 amide bonds. The number of aromatic nitrogens is 1. The van der Waals surface area contributed by atoms with Crippen LogP contribution < -0.4 is 10.6 Å². The summed E-state index contributed by atoms with van der Waals surface area (Å²) in [4.78, 5) is 41.1. The zero-order valence-corrected chi connectivity index (χ0v) is 19.7. The van der Waals surface area contributed by atoms with Gasteiger partial charge < -0.3 is 20.1 Å². The molecular formula is C25H33FN4O3. The van der Waals surface area contributed by atoms with Crippen molar-refractivity contribution in [3.63, 3.8) is 0 Å². The molecule has 2 aromatic rings. The van der Waals surface area contributed by atoms with Gasteiger partial charge in [-0.25, -0.2) is 4.39 Å². The van der Waals surface area contributed by atoms with Crippen molar-refractivity contribution < 1.29 is 18.8 Å². The highest BCUT2D eigenvalue weighted by atomic mass is 19.1. The number of rotatable bonds is 6. The SMILES string of the molecule is CCCCN1C(=O)c2c(NC(C)=O)c3cc(F)ccc3n2CC1(C)C(=O)NC1CCCCC1. The molecule has 0 spiro atoms. The minimum Gasteiger partial charge on any atom is -0.351 e. The summed E-state index contributed by atoms with van der Waals surface area (Å²) in [6, 6.07) is 4.39. The van der Waals surface area contributed by atoms with E-state index in [0.29, 0.717) is 28.8 Å². The third-order valence-corrected chi connectivity index (χ3v) is 7.00. The third-order valence-electron chi connectivity index (χ3n) is 7.00. The van der Waals surface area contributed by atoms with E-state index in [2.05, 4.69) is 10.6 Å². The van der Waals surface area contributed by atoms with Gasteiger partial charge in [0.15, 0.2) is 0 Å². The molecule has 2 heterocycles. The summed E-state index contributed by atoms with van der Waals surface area (Å²) in [5.41, 5.74) is 0.128. The van der Waals surface area contributed by atoms with Crippen LogP contribution in [0.1, 0.15) is 76.2 Å². The Morgan fingerprint density at radius 1 is 1.21 bits per heavy atom. The molecular weight excluding hydrogens is 423 g/mol. The molecule has 1 saturated carbocycles. The monoisotopic (exact) mass is 456 g/mol. The molecule has 1 aromatic heterocycles. The van der Waals surface area contributed by atoms with Crippen molar-refractivity contribution in [3.8, 4) is 0 Å². The fourth-order valence-electron chi connectivity index (χ4n) is 5.21. The molecule has 1 unspecified atom stereocenters. The van der Waals surface area contributed by atoms with Crippen molar-refractivity contribution >= 4 is 34.3 Å². The maximum absolute atomic E-state index is 14.1. The highest BCUT2D eigenvalue weighted by molar-refractivity contribution is 6.14. The lowest BCUT2D eigenvalue weighted by Crippen LogP contribution is -2.65. The molecule has 7 nitrogen and oxygen atoms in total. The van der Waals surface area contributed by atoms with Crippen LogP contribution in [0.15, 0.2) is 18.2 Å². The molecule has 2 N–H and O–H groups in total. The van der Waals surface area contributed by atoms with Gasteiger partial charge in [-0.15, -0.1) is 0 Å². The second-order valence-corrected chi connectivity index (χ2v) is 9.55.